The van der Waals surface area contributed by atoms with Crippen LogP contribution in [0.2, 0.25) is 0 Å². The third-order valence-corrected chi connectivity index (χ3v) is 3.51. The highest BCUT2D eigenvalue weighted by Gasteiger charge is 2.30. The number of carbonyl (C=O) groups excluding carboxylic acids is 1. The van der Waals surface area contributed by atoms with Gasteiger partial charge < -0.3 is 4.74 Å². The predicted octanol–water partition coefficient (Wildman–Crippen LogP) is 4.45. The van der Waals surface area contributed by atoms with Crippen molar-refractivity contribution in [2.24, 2.45) is 4.99 Å². The smallest absolute Gasteiger partial charge is 0.416 e. The molecule has 1 aromatic heterocycles. The van der Waals surface area contributed by atoms with Crippen LogP contribution in [0.15, 0.2) is 46.8 Å². The van der Waals surface area contributed by atoms with Gasteiger partial charge in [0.15, 0.2) is 5.71 Å². The van der Waals surface area contributed by atoms with Gasteiger partial charge in [-0.05, 0) is 36.6 Å². The van der Waals surface area contributed by atoms with Crippen molar-refractivity contribution in [2.75, 3.05) is 6.61 Å². The van der Waals surface area contributed by atoms with Gasteiger partial charge in [0.05, 0.1) is 22.7 Å². The number of aliphatic imine (C=N–C) groups is 1. The fraction of sp³-hybridized carbons (Fsp3) is 0.200. The van der Waals surface area contributed by atoms with Gasteiger partial charge in [0, 0.05) is 0 Å². The Morgan fingerprint density at radius 1 is 1.27 bits per heavy atom. The Hall–Kier alpha value is -2.15. The molecule has 0 aliphatic rings. The average Bonchev–Trinajstić information content (AvgIpc) is 2.98. The lowest BCUT2D eigenvalue weighted by Crippen LogP contribution is -2.17. The highest BCUT2D eigenvalue weighted by Crippen LogP contribution is 2.31. The standard InChI is InChI=1S/C15H12F3NO2S/c1-2-21-14(20)13(12-7-4-8-22-12)19-11-6-3-5-10(9-11)15(16,17)18/h3-9H,2H2,1H3/b19-13-. The van der Waals surface area contributed by atoms with Crippen molar-refractivity contribution in [2.45, 2.75) is 13.1 Å². The molecule has 0 atom stereocenters. The highest BCUT2D eigenvalue weighted by atomic mass is 32.1. The van der Waals surface area contributed by atoms with Crippen LogP contribution in [0.4, 0.5) is 18.9 Å². The second-order valence-electron chi connectivity index (χ2n) is 4.21. The molecule has 0 unspecified atom stereocenters. The first kappa shape index (κ1) is 16.2. The van der Waals surface area contributed by atoms with E-state index in [-0.39, 0.29) is 18.0 Å². The summed E-state index contributed by atoms with van der Waals surface area (Å²) >= 11 is 1.26. The fourth-order valence-electron chi connectivity index (χ4n) is 1.69. The zero-order valence-electron chi connectivity index (χ0n) is 11.6. The molecular formula is C15H12F3NO2S. The number of esters is 1. The van der Waals surface area contributed by atoms with Crippen LogP contribution in [0, 0.1) is 0 Å². The summed E-state index contributed by atoms with van der Waals surface area (Å²) in [5.41, 5.74) is -0.773. The van der Waals surface area contributed by atoms with Crippen LogP contribution < -0.4 is 0 Å². The van der Waals surface area contributed by atoms with E-state index in [0.29, 0.717) is 4.88 Å². The zero-order valence-corrected chi connectivity index (χ0v) is 12.4. The summed E-state index contributed by atoms with van der Waals surface area (Å²) in [6.45, 7) is 1.81. The minimum absolute atomic E-state index is 0.00354. The molecule has 22 heavy (non-hydrogen) atoms. The topological polar surface area (TPSA) is 38.7 Å². The second-order valence-corrected chi connectivity index (χ2v) is 5.15. The third-order valence-electron chi connectivity index (χ3n) is 2.64. The first-order valence-electron chi connectivity index (χ1n) is 6.38. The molecule has 0 N–H and O–H groups in total. The van der Waals surface area contributed by atoms with Crippen LogP contribution in [0.3, 0.4) is 0 Å². The van der Waals surface area contributed by atoms with Gasteiger partial charge in [-0.15, -0.1) is 11.3 Å². The van der Waals surface area contributed by atoms with Gasteiger partial charge >= 0.3 is 12.1 Å². The maximum Gasteiger partial charge on any atom is 0.416 e. The minimum atomic E-state index is -4.46. The molecule has 1 aromatic carbocycles. The number of alkyl halides is 3. The number of nitrogens with zero attached hydrogens (tertiary/aromatic N) is 1. The number of benzene rings is 1. The molecule has 0 radical (unpaired) electrons. The van der Waals surface area contributed by atoms with Gasteiger partial charge in [0.25, 0.3) is 0 Å². The third kappa shape index (κ3) is 3.94. The lowest BCUT2D eigenvalue weighted by atomic mass is 10.2. The monoisotopic (exact) mass is 327 g/mol. The molecule has 0 saturated carbocycles. The maximum atomic E-state index is 12.7. The van der Waals surface area contributed by atoms with Gasteiger partial charge in [0.2, 0.25) is 0 Å². The van der Waals surface area contributed by atoms with Crippen molar-refractivity contribution in [3.05, 3.63) is 52.2 Å². The molecule has 2 aromatic rings. The van der Waals surface area contributed by atoms with Crippen molar-refractivity contribution in [3.8, 4) is 0 Å². The van der Waals surface area contributed by atoms with Crippen LogP contribution in [-0.2, 0) is 15.7 Å². The van der Waals surface area contributed by atoms with Crippen molar-refractivity contribution in [1.29, 1.82) is 0 Å². The van der Waals surface area contributed by atoms with E-state index in [2.05, 4.69) is 4.99 Å². The zero-order chi connectivity index (χ0) is 16.2. The van der Waals surface area contributed by atoms with Crippen LogP contribution in [0.1, 0.15) is 17.4 Å². The number of hydrogen-bond acceptors (Lipinski definition) is 4. The van der Waals surface area contributed by atoms with Crippen LogP contribution in [-0.4, -0.2) is 18.3 Å². The molecule has 2 rings (SSSR count). The molecule has 0 aliphatic heterocycles. The molecule has 1 heterocycles. The van der Waals surface area contributed by atoms with Gasteiger partial charge in [0.1, 0.15) is 0 Å². The summed E-state index contributed by atoms with van der Waals surface area (Å²) in [5.74, 6) is -0.664. The molecular weight excluding hydrogens is 315 g/mol. The predicted molar refractivity (Wildman–Crippen MR) is 78.6 cm³/mol. The summed E-state index contributed by atoms with van der Waals surface area (Å²) < 4.78 is 43.1. The first-order valence-corrected chi connectivity index (χ1v) is 7.26. The number of rotatable bonds is 4. The van der Waals surface area contributed by atoms with Crippen molar-refractivity contribution >= 4 is 28.7 Å². The van der Waals surface area contributed by atoms with Crippen LogP contribution in [0.25, 0.3) is 0 Å². The molecule has 0 spiro atoms. The van der Waals surface area contributed by atoms with Gasteiger partial charge in [-0.3, -0.25) is 0 Å². The molecule has 0 bridgehead atoms. The fourth-order valence-corrected chi connectivity index (χ4v) is 2.40. The Bertz CT molecular complexity index is 678. The van der Waals surface area contributed by atoms with Gasteiger partial charge in [-0.1, -0.05) is 12.1 Å². The summed E-state index contributed by atoms with van der Waals surface area (Å²) in [5, 5.41) is 1.75. The number of ether oxygens (including phenoxy) is 1. The van der Waals surface area contributed by atoms with Gasteiger partial charge in [-0.25, -0.2) is 9.79 Å². The number of halogens is 3. The number of thiophene rings is 1. The Labute approximate surface area is 129 Å². The molecule has 0 amide bonds. The van der Waals surface area contributed by atoms with E-state index in [9.17, 15) is 18.0 Å². The van der Waals surface area contributed by atoms with Crippen LogP contribution >= 0.6 is 11.3 Å². The lowest BCUT2D eigenvalue weighted by molar-refractivity contribution is -0.137. The number of carbonyl (C=O) groups is 1. The van der Waals surface area contributed by atoms with E-state index in [1.807, 2.05) is 0 Å². The summed E-state index contributed by atoms with van der Waals surface area (Å²) in [6.07, 6.45) is -4.46. The lowest BCUT2D eigenvalue weighted by Gasteiger charge is -2.08. The molecule has 116 valence electrons. The second kappa shape index (κ2) is 6.74. The van der Waals surface area contributed by atoms with Crippen LogP contribution in [0.5, 0.6) is 0 Å². The molecule has 0 fully saturated rings. The Balaban J connectivity index is 2.44. The molecule has 0 aliphatic carbocycles. The SMILES string of the molecule is CCOC(=O)/C(=N\c1cccc(C(F)(F)F)c1)c1cccs1. The van der Waals surface area contributed by atoms with E-state index in [1.165, 1.54) is 23.5 Å². The average molecular weight is 327 g/mol. The normalized spacial score (nSPS) is 12.3. The number of hydrogen-bond donors (Lipinski definition) is 0. The van der Waals surface area contributed by atoms with Gasteiger partial charge in [-0.2, -0.15) is 13.2 Å². The van der Waals surface area contributed by atoms with E-state index >= 15 is 0 Å². The quantitative estimate of drug-likeness (QED) is 0.615. The molecule has 0 saturated heterocycles. The summed E-state index contributed by atoms with van der Waals surface area (Å²) in [6, 6.07) is 7.89. The highest BCUT2D eigenvalue weighted by molar-refractivity contribution is 7.13. The van der Waals surface area contributed by atoms with Crippen molar-refractivity contribution < 1.29 is 22.7 Å². The first-order chi connectivity index (χ1) is 10.4. The van der Waals surface area contributed by atoms with Crippen molar-refractivity contribution in [3.63, 3.8) is 0 Å². The molecule has 7 heteroatoms. The van der Waals surface area contributed by atoms with E-state index in [0.717, 1.165) is 12.1 Å². The Kier molecular flexibility index (Phi) is 4.97. The summed E-state index contributed by atoms with van der Waals surface area (Å²) in [7, 11) is 0. The molecule has 3 nitrogen and oxygen atoms in total. The van der Waals surface area contributed by atoms with E-state index in [4.69, 9.17) is 4.74 Å². The maximum absolute atomic E-state index is 12.7. The van der Waals surface area contributed by atoms with Crippen molar-refractivity contribution in [1.82, 2.24) is 0 Å². The van der Waals surface area contributed by atoms with E-state index < -0.39 is 17.7 Å². The minimum Gasteiger partial charge on any atom is -0.461 e. The Morgan fingerprint density at radius 3 is 2.64 bits per heavy atom. The Morgan fingerprint density at radius 2 is 2.05 bits per heavy atom. The van der Waals surface area contributed by atoms with E-state index in [1.54, 1.807) is 24.4 Å². The largest absolute Gasteiger partial charge is 0.461 e. The summed E-state index contributed by atoms with van der Waals surface area (Å²) in [4.78, 5) is 16.5.